The monoisotopic (exact) mass is 662 g/mol. The Morgan fingerprint density at radius 3 is 2.19 bits per heavy atom. The number of carboxylic acids is 1. The largest absolute Gasteiger partial charge is 0.478 e. The predicted octanol–water partition coefficient (Wildman–Crippen LogP) is 6.80. The zero-order valence-electron chi connectivity index (χ0n) is 27.1. The number of piperidine rings is 3. The molecule has 0 saturated carbocycles. The minimum atomic E-state index is -0.926. The molecule has 1 atom stereocenters. The lowest BCUT2D eigenvalue weighted by molar-refractivity contribution is 0.0696. The van der Waals surface area contributed by atoms with Crippen molar-refractivity contribution in [2.24, 2.45) is 5.92 Å². The normalized spacial score (nSPS) is 19.8. The molecule has 4 aliphatic rings. The molecule has 1 aromatic heterocycles. The third-order valence-corrected chi connectivity index (χ3v) is 11.4. The van der Waals surface area contributed by atoms with E-state index in [4.69, 9.17) is 5.11 Å². The van der Waals surface area contributed by atoms with Gasteiger partial charge in [-0.05, 0) is 129 Å². The average molecular weight is 663 g/mol. The molecule has 1 aliphatic carbocycles. The standard InChI is InChI=1S/C39H42N4O4S/c44-36(30-5-3-4-27(22-30)23-40-33-24-43-20-18-28(33)19-21-43)42-38-35(32-6-1-2-7-34(32)48-38)37(45)41-31-16-12-26(13-17-31)9-8-25-10-14-29(15-11-25)39(46)47/h3-5,10-17,22,28,33,40H,1-2,6-9,18-21,23-24H2,(H,41,45)(H,42,44)(H,46,47)/t33-/m1/s1. The highest BCUT2D eigenvalue weighted by molar-refractivity contribution is 7.17. The van der Waals surface area contributed by atoms with Crippen molar-refractivity contribution in [2.75, 3.05) is 30.3 Å². The lowest BCUT2D eigenvalue weighted by atomic mass is 9.84. The summed E-state index contributed by atoms with van der Waals surface area (Å²) in [6.07, 6.45) is 7.98. The van der Waals surface area contributed by atoms with E-state index in [1.165, 1.54) is 42.1 Å². The first-order valence-corrected chi connectivity index (χ1v) is 17.9. The molecule has 2 amide bonds. The predicted molar refractivity (Wildman–Crippen MR) is 190 cm³/mol. The molecule has 9 heteroatoms. The summed E-state index contributed by atoms with van der Waals surface area (Å²) < 4.78 is 0. The summed E-state index contributed by atoms with van der Waals surface area (Å²) in [6, 6.07) is 23.1. The molecule has 48 heavy (non-hydrogen) atoms. The van der Waals surface area contributed by atoms with Gasteiger partial charge >= 0.3 is 5.97 Å². The number of amides is 2. The van der Waals surface area contributed by atoms with Gasteiger partial charge in [0.25, 0.3) is 11.8 Å². The summed E-state index contributed by atoms with van der Waals surface area (Å²) >= 11 is 1.53. The van der Waals surface area contributed by atoms with Crippen molar-refractivity contribution in [1.29, 1.82) is 0 Å². The number of nitrogens with zero attached hydrogens (tertiary/aromatic N) is 1. The van der Waals surface area contributed by atoms with E-state index in [1.54, 1.807) is 12.1 Å². The number of aryl methyl sites for hydroxylation is 3. The first-order valence-electron chi connectivity index (χ1n) is 17.1. The Bertz CT molecular complexity index is 1790. The van der Waals surface area contributed by atoms with E-state index < -0.39 is 5.97 Å². The highest BCUT2D eigenvalue weighted by atomic mass is 32.1. The summed E-state index contributed by atoms with van der Waals surface area (Å²) in [5.41, 5.74) is 6.49. The SMILES string of the molecule is O=C(O)c1ccc(CCc2ccc(NC(=O)c3c(NC(=O)c4cccc(CN[C@@H]5CN6CCC5CC6)c4)sc4c3CCCC4)cc2)cc1. The van der Waals surface area contributed by atoms with Crippen LogP contribution in [0.25, 0.3) is 0 Å². The van der Waals surface area contributed by atoms with E-state index in [1.807, 2.05) is 54.6 Å². The number of aromatic carboxylic acids is 1. The van der Waals surface area contributed by atoms with E-state index in [0.717, 1.165) is 79.8 Å². The van der Waals surface area contributed by atoms with Crippen LogP contribution in [-0.2, 0) is 32.2 Å². The second-order valence-electron chi connectivity index (χ2n) is 13.3. The fourth-order valence-electron chi connectivity index (χ4n) is 7.39. The first kappa shape index (κ1) is 32.2. The molecule has 3 saturated heterocycles. The number of fused-ring (bicyclic) bond motifs is 4. The van der Waals surface area contributed by atoms with Crippen LogP contribution in [0.4, 0.5) is 10.7 Å². The minimum absolute atomic E-state index is 0.200. The van der Waals surface area contributed by atoms with Crippen LogP contribution in [0, 0.1) is 5.92 Å². The number of hydrogen-bond acceptors (Lipinski definition) is 6. The van der Waals surface area contributed by atoms with Crippen molar-refractivity contribution < 1.29 is 19.5 Å². The average Bonchev–Trinajstić information content (AvgIpc) is 3.49. The number of carbonyl (C=O) groups excluding carboxylic acids is 2. The Hall–Kier alpha value is -4.31. The van der Waals surface area contributed by atoms with Gasteiger partial charge in [0.15, 0.2) is 0 Å². The summed E-state index contributed by atoms with van der Waals surface area (Å²) in [7, 11) is 0. The molecule has 0 spiro atoms. The van der Waals surface area contributed by atoms with E-state index in [9.17, 15) is 14.4 Å². The van der Waals surface area contributed by atoms with Crippen LogP contribution in [0.3, 0.4) is 0 Å². The van der Waals surface area contributed by atoms with Crippen molar-refractivity contribution in [2.45, 2.75) is 64.0 Å². The third kappa shape index (κ3) is 7.38. The van der Waals surface area contributed by atoms with Crippen LogP contribution in [0.5, 0.6) is 0 Å². The Labute approximate surface area is 285 Å². The molecule has 4 N–H and O–H groups in total. The van der Waals surface area contributed by atoms with Crippen LogP contribution in [-0.4, -0.2) is 53.5 Å². The van der Waals surface area contributed by atoms with Gasteiger partial charge in [0.1, 0.15) is 5.00 Å². The van der Waals surface area contributed by atoms with E-state index in [0.29, 0.717) is 27.9 Å². The Morgan fingerprint density at radius 1 is 0.792 bits per heavy atom. The quantitative estimate of drug-likeness (QED) is 0.141. The van der Waals surface area contributed by atoms with Crippen molar-refractivity contribution in [3.05, 3.63) is 117 Å². The van der Waals surface area contributed by atoms with Gasteiger partial charge in [-0.25, -0.2) is 4.79 Å². The summed E-state index contributed by atoms with van der Waals surface area (Å²) in [5, 5.41) is 19.7. The number of carbonyl (C=O) groups is 3. The summed E-state index contributed by atoms with van der Waals surface area (Å²) in [5.74, 6) is -0.587. The Morgan fingerprint density at radius 2 is 1.50 bits per heavy atom. The number of hydrogen-bond donors (Lipinski definition) is 4. The topological polar surface area (TPSA) is 111 Å². The molecule has 248 valence electrons. The number of rotatable bonds is 11. The fourth-order valence-corrected chi connectivity index (χ4v) is 8.67. The van der Waals surface area contributed by atoms with E-state index in [-0.39, 0.29) is 17.4 Å². The fraction of sp³-hybridized carbons (Fsp3) is 0.359. The zero-order valence-corrected chi connectivity index (χ0v) is 27.9. The number of nitrogens with one attached hydrogen (secondary N) is 3. The third-order valence-electron chi connectivity index (χ3n) is 10.2. The number of carboxylic acid groups (broad SMARTS) is 1. The second kappa shape index (κ2) is 14.4. The summed E-state index contributed by atoms with van der Waals surface area (Å²) in [4.78, 5) is 42.2. The molecule has 0 radical (unpaired) electrons. The molecule has 4 aromatic rings. The van der Waals surface area contributed by atoms with Gasteiger partial charge in [0.2, 0.25) is 0 Å². The Kier molecular flexibility index (Phi) is 9.70. The van der Waals surface area contributed by atoms with Gasteiger partial charge in [0, 0.05) is 35.3 Å². The first-order chi connectivity index (χ1) is 23.4. The van der Waals surface area contributed by atoms with E-state index >= 15 is 0 Å². The van der Waals surface area contributed by atoms with Gasteiger partial charge in [-0.1, -0.05) is 36.4 Å². The van der Waals surface area contributed by atoms with Crippen molar-refractivity contribution in [3.63, 3.8) is 0 Å². The number of benzene rings is 3. The molecule has 4 heterocycles. The molecule has 3 aromatic carbocycles. The highest BCUT2D eigenvalue weighted by Gasteiger charge is 2.33. The molecule has 8 rings (SSSR count). The lowest BCUT2D eigenvalue weighted by Gasteiger charge is -2.45. The van der Waals surface area contributed by atoms with Gasteiger partial charge in [-0.3, -0.25) is 9.59 Å². The van der Waals surface area contributed by atoms with Gasteiger partial charge < -0.3 is 26.0 Å². The van der Waals surface area contributed by atoms with Crippen LogP contribution in [0.15, 0.2) is 72.8 Å². The maximum Gasteiger partial charge on any atom is 0.335 e. The van der Waals surface area contributed by atoms with Crippen LogP contribution in [0.1, 0.15) is 83.9 Å². The second-order valence-corrected chi connectivity index (χ2v) is 14.5. The van der Waals surface area contributed by atoms with Gasteiger partial charge in [0.05, 0.1) is 11.1 Å². The maximum atomic E-state index is 13.8. The molecule has 0 unspecified atom stereocenters. The molecule has 3 aliphatic heterocycles. The summed E-state index contributed by atoms with van der Waals surface area (Å²) in [6.45, 7) is 4.27. The Balaban J connectivity index is 0.998. The zero-order chi connectivity index (χ0) is 33.0. The molecular formula is C39H42N4O4S. The lowest BCUT2D eigenvalue weighted by Crippen LogP contribution is -2.55. The number of thiophene rings is 1. The van der Waals surface area contributed by atoms with Crippen LogP contribution in [0.2, 0.25) is 0 Å². The smallest absolute Gasteiger partial charge is 0.335 e. The van der Waals surface area contributed by atoms with Gasteiger partial charge in [-0.2, -0.15) is 0 Å². The van der Waals surface area contributed by atoms with Crippen LogP contribution >= 0.6 is 11.3 Å². The van der Waals surface area contributed by atoms with E-state index in [2.05, 4.69) is 26.9 Å². The number of anilines is 2. The van der Waals surface area contributed by atoms with Crippen molar-refractivity contribution >= 4 is 39.8 Å². The molecule has 3 fully saturated rings. The molecular weight excluding hydrogens is 621 g/mol. The highest BCUT2D eigenvalue weighted by Crippen LogP contribution is 2.39. The van der Waals surface area contributed by atoms with Crippen molar-refractivity contribution in [1.82, 2.24) is 10.2 Å². The maximum absolute atomic E-state index is 13.8. The minimum Gasteiger partial charge on any atom is -0.478 e. The molecule has 8 nitrogen and oxygen atoms in total. The van der Waals surface area contributed by atoms with Crippen molar-refractivity contribution in [3.8, 4) is 0 Å². The van der Waals surface area contributed by atoms with Gasteiger partial charge in [-0.15, -0.1) is 11.3 Å². The van der Waals surface area contributed by atoms with Crippen LogP contribution < -0.4 is 16.0 Å². The molecule has 2 bridgehead atoms.